The van der Waals surface area contributed by atoms with Gasteiger partial charge in [-0.2, -0.15) is 5.26 Å². The van der Waals surface area contributed by atoms with Gasteiger partial charge in [0.2, 0.25) is 0 Å². The van der Waals surface area contributed by atoms with Gasteiger partial charge in [-0.05, 0) is 25.0 Å². The third-order valence-corrected chi connectivity index (χ3v) is 2.29. The van der Waals surface area contributed by atoms with Crippen LogP contribution in [0, 0.1) is 21.4 Å². The average molecular weight is 250 g/mol. The molecule has 0 amide bonds. The average Bonchev–Trinajstić information content (AvgIpc) is 2.38. The molecule has 96 valence electrons. The predicted octanol–water partition coefficient (Wildman–Crippen LogP) is 2.27. The molecule has 0 aliphatic heterocycles. The lowest BCUT2D eigenvalue weighted by Crippen LogP contribution is -2.02. The minimum absolute atomic E-state index is 0.180. The fourth-order valence-electron chi connectivity index (χ4n) is 1.38. The second kappa shape index (κ2) is 7.25. The Morgan fingerprint density at radius 1 is 1.39 bits per heavy atom. The molecule has 0 aliphatic rings. The number of hydrogen-bond acceptors (Lipinski definition) is 5. The molecule has 6 nitrogen and oxygen atoms in total. The SMILES string of the molecule is COCCCCOc1ccc(C#N)cc1[N+](=O)[O-]. The van der Waals surface area contributed by atoms with Crippen LogP contribution in [0.25, 0.3) is 0 Å². The summed E-state index contributed by atoms with van der Waals surface area (Å²) in [6, 6.07) is 6.02. The van der Waals surface area contributed by atoms with E-state index in [0.717, 1.165) is 12.8 Å². The minimum atomic E-state index is -0.550. The number of hydrogen-bond donors (Lipinski definition) is 0. The van der Waals surface area contributed by atoms with Crippen LogP contribution in [0.3, 0.4) is 0 Å². The van der Waals surface area contributed by atoms with Crippen LogP contribution in [0.4, 0.5) is 5.69 Å². The molecular weight excluding hydrogens is 236 g/mol. The molecule has 6 heteroatoms. The largest absolute Gasteiger partial charge is 0.487 e. The van der Waals surface area contributed by atoms with Gasteiger partial charge in [0.25, 0.3) is 0 Å². The van der Waals surface area contributed by atoms with E-state index in [1.54, 1.807) is 7.11 Å². The fourth-order valence-corrected chi connectivity index (χ4v) is 1.38. The van der Waals surface area contributed by atoms with E-state index in [2.05, 4.69) is 0 Å². The second-order valence-corrected chi connectivity index (χ2v) is 3.60. The maximum Gasteiger partial charge on any atom is 0.312 e. The van der Waals surface area contributed by atoms with E-state index in [4.69, 9.17) is 14.7 Å². The molecular formula is C12H14N2O4. The maximum atomic E-state index is 10.8. The van der Waals surface area contributed by atoms with Crippen molar-refractivity contribution >= 4 is 5.69 Å². The standard InChI is InChI=1S/C12H14N2O4/c1-17-6-2-3-7-18-12-5-4-10(9-13)8-11(12)14(15)16/h4-5,8H,2-3,6-7H2,1H3. The normalized spacial score (nSPS) is 9.78. The van der Waals surface area contributed by atoms with E-state index < -0.39 is 4.92 Å². The van der Waals surface area contributed by atoms with E-state index in [0.29, 0.717) is 13.2 Å². The third kappa shape index (κ3) is 4.03. The Bertz CT molecular complexity index is 454. The first kappa shape index (κ1) is 13.9. The van der Waals surface area contributed by atoms with Crippen molar-refractivity contribution in [1.29, 1.82) is 5.26 Å². The van der Waals surface area contributed by atoms with Gasteiger partial charge < -0.3 is 9.47 Å². The minimum Gasteiger partial charge on any atom is -0.487 e. The Labute approximate surface area is 105 Å². The molecule has 0 radical (unpaired) electrons. The van der Waals surface area contributed by atoms with Crippen LogP contribution in [0.1, 0.15) is 18.4 Å². The van der Waals surface area contributed by atoms with Crippen molar-refractivity contribution in [3.63, 3.8) is 0 Å². The van der Waals surface area contributed by atoms with Crippen LogP contribution in [-0.2, 0) is 4.74 Å². The molecule has 1 rings (SSSR count). The van der Waals surface area contributed by atoms with Gasteiger partial charge >= 0.3 is 5.69 Å². The van der Waals surface area contributed by atoms with Crippen LogP contribution in [0.2, 0.25) is 0 Å². The first-order valence-electron chi connectivity index (χ1n) is 5.49. The molecule has 0 atom stereocenters. The van der Waals surface area contributed by atoms with Crippen molar-refractivity contribution < 1.29 is 14.4 Å². The molecule has 0 saturated heterocycles. The van der Waals surface area contributed by atoms with E-state index in [9.17, 15) is 10.1 Å². The summed E-state index contributed by atoms with van der Waals surface area (Å²) in [5.41, 5.74) is 0.0641. The summed E-state index contributed by atoms with van der Waals surface area (Å²) in [5.74, 6) is 0.191. The van der Waals surface area contributed by atoms with Gasteiger partial charge in [-0.3, -0.25) is 10.1 Å². The summed E-state index contributed by atoms with van der Waals surface area (Å²) in [6.45, 7) is 1.02. The molecule has 1 aromatic carbocycles. The number of nitro groups is 1. The zero-order valence-electron chi connectivity index (χ0n) is 10.1. The second-order valence-electron chi connectivity index (χ2n) is 3.60. The molecule has 0 bridgehead atoms. The quantitative estimate of drug-likeness (QED) is 0.421. The number of nitriles is 1. The van der Waals surface area contributed by atoms with Gasteiger partial charge in [0.05, 0.1) is 23.2 Å². The summed E-state index contributed by atoms with van der Waals surface area (Å²) in [5, 5.41) is 19.5. The van der Waals surface area contributed by atoms with Crippen molar-refractivity contribution in [2.45, 2.75) is 12.8 Å². The lowest BCUT2D eigenvalue weighted by Gasteiger charge is -2.06. The maximum absolute atomic E-state index is 10.8. The number of nitrogens with zero attached hydrogens (tertiary/aromatic N) is 2. The molecule has 0 aromatic heterocycles. The molecule has 0 fully saturated rings. The number of unbranched alkanes of at least 4 members (excludes halogenated alkanes) is 1. The lowest BCUT2D eigenvalue weighted by molar-refractivity contribution is -0.385. The third-order valence-electron chi connectivity index (χ3n) is 2.29. The summed E-state index contributed by atoms with van der Waals surface area (Å²) >= 11 is 0. The fraction of sp³-hybridized carbons (Fsp3) is 0.417. The van der Waals surface area contributed by atoms with Gasteiger partial charge in [-0.15, -0.1) is 0 Å². The zero-order chi connectivity index (χ0) is 13.4. The molecule has 0 heterocycles. The first-order valence-corrected chi connectivity index (χ1v) is 5.49. The molecule has 0 saturated carbocycles. The van der Waals surface area contributed by atoms with Crippen LogP contribution in [0.15, 0.2) is 18.2 Å². The topological polar surface area (TPSA) is 85.4 Å². The van der Waals surface area contributed by atoms with E-state index in [1.807, 2.05) is 6.07 Å². The molecule has 0 N–H and O–H groups in total. The van der Waals surface area contributed by atoms with Crippen molar-refractivity contribution in [2.75, 3.05) is 20.3 Å². The summed E-state index contributed by atoms with van der Waals surface area (Å²) < 4.78 is 10.2. The number of benzene rings is 1. The highest BCUT2D eigenvalue weighted by Crippen LogP contribution is 2.27. The number of methoxy groups -OCH3 is 1. The van der Waals surface area contributed by atoms with Crippen LogP contribution in [-0.4, -0.2) is 25.2 Å². The Kier molecular flexibility index (Phi) is 5.61. The van der Waals surface area contributed by atoms with Crippen LogP contribution >= 0.6 is 0 Å². The number of nitro benzene ring substituents is 1. The number of rotatable bonds is 7. The van der Waals surface area contributed by atoms with E-state index in [-0.39, 0.29) is 17.0 Å². The monoisotopic (exact) mass is 250 g/mol. The number of ether oxygens (including phenoxy) is 2. The van der Waals surface area contributed by atoms with Crippen molar-refractivity contribution in [2.24, 2.45) is 0 Å². The van der Waals surface area contributed by atoms with Gasteiger partial charge in [0.15, 0.2) is 5.75 Å². The Balaban J connectivity index is 2.65. The molecule has 0 unspecified atom stereocenters. The molecule has 18 heavy (non-hydrogen) atoms. The van der Waals surface area contributed by atoms with Gasteiger partial charge in [0, 0.05) is 19.8 Å². The van der Waals surface area contributed by atoms with Crippen LogP contribution in [0.5, 0.6) is 5.75 Å². The highest BCUT2D eigenvalue weighted by Gasteiger charge is 2.15. The van der Waals surface area contributed by atoms with Crippen molar-refractivity contribution in [3.05, 3.63) is 33.9 Å². The van der Waals surface area contributed by atoms with Crippen LogP contribution < -0.4 is 4.74 Å². The zero-order valence-corrected chi connectivity index (χ0v) is 10.1. The summed E-state index contributed by atoms with van der Waals surface area (Å²) in [6.07, 6.45) is 1.59. The first-order chi connectivity index (χ1) is 8.69. The Morgan fingerprint density at radius 2 is 2.11 bits per heavy atom. The highest BCUT2D eigenvalue weighted by molar-refractivity contribution is 5.51. The molecule has 0 spiro atoms. The van der Waals surface area contributed by atoms with Gasteiger partial charge in [-0.1, -0.05) is 0 Å². The highest BCUT2D eigenvalue weighted by atomic mass is 16.6. The summed E-state index contributed by atoms with van der Waals surface area (Å²) in [4.78, 5) is 10.3. The smallest absolute Gasteiger partial charge is 0.312 e. The molecule has 1 aromatic rings. The Morgan fingerprint density at radius 3 is 2.72 bits per heavy atom. The van der Waals surface area contributed by atoms with E-state index >= 15 is 0 Å². The Hall–Kier alpha value is -2.13. The van der Waals surface area contributed by atoms with Crippen molar-refractivity contribution in [3.8, 4) is 11.8 Å². The lowest BCUT2D eigenvalue weighted by atomic mass is 10.2. The molecule has 0 aliphatic carbocycles. The summed E-state index contributed by atoms with van der Waals surface area (Å²) in [7, 11) is 1.62. The van der Waals surface area contributed by atoms with Crippen molar-refractivity contribution in [1.82, 2.24) is 0 Å². The van der Waals surface area contributed by atoms with E-state index in [1.165, 1.54) is 18.2 Å². The predicted molar refractivity (Wildman–Crippen MR) is 64.4 cm³/mol. The van der Waals surface area contributed by atoms with Gasteiger partial charge in [-0.25, -0.2) is 0 Å². The van der Waals surface area contributed by atoms with Gasteiger partial charge in [0.1, 0.15) is 0 Å².